The first-order chi connectivity index (χ1) is 9.37. The third kappa shape index (κ3) is 3.55. The van der Waals surface area contributed by atoms with Crippen molar-refractivity contribution in [3.05, 3.63) is 0 Å². The number of rotatable bonds is 3. The number of nitrogens with two attached hydrogens (primary N) is 1. The number of nitrogens with one attached hydrogen (secondary N) is 1. The Morgan fingerprint density at radius 1 is 1.20 bits per heavy atom. The first kappa shape index (κ1) is 15.8. The maximum atomic E-state index is 12.7. The molecule has 0 radical (unpaired) electrons. The standard InChI is InChI=1S/C17H32N2O/c1-13-6-9-17(12-18,10-7-13)15(20)19-14-5-4-8-16(2,3)11-14/h13-14H,4-12,18H2,1-3H3,(H,19,20). The molecule has 2 aliphatic carbocycles. The zero-order valence-corrected chi connectivity index (χ0v) is 13.5. The van der Waals surface area contributed by atoms with E-state index in [4.69, 9.17) is 5.73 Å². The van der Waals surface area contributed by atoms with Gasteiger partial charge in [0.25, 0.3) is 0 Å². The summed E-state index contributed by atoms with van der Waals surface area (Å²) >= 11 is 0. The molecule has 3 N–H and O–H groups in total. The highest BCUT2D eigenvalue weighted by Crippen LogP contribution is 2.40. The van der Waals surface area contributed by atoms with Crippen LogP contribution in [0.25, 0.3) is 0 Å². The van der Waals surface area contributed by atoms with Gasteiger partial charge in [-0.2, -0.15) is 0 Å². The number of amides is 1. The van der Waals surface area contributed by atoms with Crippen LogP contribution < -0.4 is 11.1 Å². The second-order valence-corrected chi connectivity index (χ2v) is 8.10. The number of hydrogen-bond donors (Lipinski definition) is 2. The van der Waals surface area contributed by atoms with E-state index in [1.165, 1.54) is 12.8 Å². The molecule has 0 aromatic carbocycles. The Hall–Kier alpha value is -0.570. The van der Waals surface area contributed by atoms with Crippen LogP contribution >= 0.6 is 0 Å². The molecule has 3 nitrogen and oxygen atoms in total. The van der Waals surface area contributed by atoms with Gasteiger partial charge in [-0.3, -0.25) is 4.79 Å². The average Bonchev–Trinajstić information content (AvgIpc) is 2.38. The largest absolute Gasteiger partial charge is 0.353 e. The zero-order valence-electron chi connectivity index (χ0n) is 13.5. The van der Waals surface area contributed by atoms with Crippen molar-refractivity contribution in [1.29, 1.82) is 0 Å². The summed E-state index contributed by atoms with van der Waals surface area (Å²) in [5, 5.41) is 3.33. The number of carbonyl (C=O) groups excluding carboxylic acids is 1. The summed E-state index contributed by atoms with van der Waals surface area (Å²) in [4.78, 5) is 12.7. The molecule has 1 amide bonds. The molecule has 0 heterocycles. The fraction of sp³-hybridized carbons (Fsp3) is 0.941. The van der Waals surface area contributed by atoms with Crippen molar-refractivity contribution in [3.63, 3.8) is 0 Å². The van der Waals surface area contributed by atoms with Gasteiger partial charge in [0.15, 0.2) is 0 Å². The van der Waals surface area contributed by atoms with E-state index in [0.717, 1.165) is 44.4 Å². The molecule has 116 valence electrons. The normalized spacial score (nSPS) is 37.4. The maximum Gasteiger partial charge on any atom is 0.227 e. The van der Waals surface area contributed by atoms with Crippen molar-refractivity contribution >= 4 is 5.91 Å². The molecule has 0 aliphatic heterocycles. The van der Waals surface area contributed by atoms with Gasteiger partial charge in [0.2, 0.25) is 5.91 Å². The molecule has 0 aromatic rings. The van der Waals surface area contributed by atoms with Gasteiger partial charge in [-0.15, -0.1) is 0 Å². The van der Waals surface area contributed by atoms with Gasteiger partial charge in [0, 0.05) is 12.6 Å². The highest BCUT2D eigenvalue weighted by molar-refractivity contribution is 5.83. The Kier molecular flexibility index (Phi) is 4.78. The molecule has 2 saturated carbocycles. The quantitative estimate of drug-likeness (QED) is 0.834. The van der Waals surface area contributed by atoms with E-state index >= 15 is 0 Å². The van der Waals surface area contributed by atoms with Gasteiger partial charge in [-0.05, 0) is 56.3 Å². The Morgan fingerprint density at radius 2 is 1.85 bits per heavy atom. The topological polar surface area (TPSA) is 55.1 Å². The Balaban J connectivity index is 1.96. The predicted molar refractivity (Wildman–Crippen MR) is 83.3 cm³/mol. The zero-order chi connectivity index (χ0) is 14.8. The Morgan fingerprint density at radius 3 is 2.40 bits per heavy atom. The lowest BCUT2D eigenvalue weighted by atomic mass is 9.69. The van der Waals surface area contributed by atoms with Gasteiger partial charge >= 0.3 is 0 Å². The molecule has 2 aliphatic rings. The van der Waals surface area contributed by atoms with E-state index in [0.29, 0.717) is 18.0 Å². The minimum Gasteiger partial charge on any atom is -0.353 e. The molecule has 1 atom stereocenters. The van der Waals surface area contributed by atoms with Crippen molar-refractivity contribution < 1.29 is 4.79 Å². The summed E-state index contributed by atoms with van der Waals surface area (Å²) < 4.78 is 0. The molecule has 0 bridgehead atoms. The van der Waals surface area contributed by atoms with Crippen LogP contribution in [0.15, 0.2) is 0 Å². The monoisotopic (exact) mass is 280 g/mol. The second-order valence-electron chi connectivity index (χ2n) is 8.10. The third-order valence-corrected chi connectivity index (χ3v) is 5.64. The minimum absolute atomic E-state index is 0.231. The first-order valence-electron chi connectivity index (χ1n) is 8.38. The lowest BCUT2D eigenvalue weighted by Gasteiger charge is -2.41. The smallest absolute Gasteiger partial charge is 0.227 e. The van der Waals surface area contributed by atoms with E-state index in [1.807, 2.05) is 0 Å². The summed E-state index contributed by atoms with van der Waals surface area (Å²) in [7, 11) is 0. The summed E-state index contributed by atoms with van der Waals surface area (Å²) in [5.41, 5.74) is 6.07. The summed E-state index contributed by atoms with van der Waals surface area (Å²) in [6.07, 6.45) is 8.95. The van der Waals surface area contributed by atoms with Gasteiger partial charge in [-0.25, -0.2) is 0 Å². The molecule has 2 rings (SSSR count). The van der Waals surface area contributed by atoms with E-state index in [1.54, 1.807) is 0 Å². The third-order valence-electron chi connectivity index (χ3n) is 5.64. The van der Waals surface area contributed by atoms with E-state index in [2.05, 4.69) is 26.1 Å². The number of carbonyl (C=O) groups is 1. The minimum atomic E-state index is -0.284. The van der Waals surface area contributed by atoms with Gasteiger partial charge in [0.05, 0.1) is 5.41 Å². The molecule has 0 saturated heterocycles. The molecular formula is C17H32N2O. The molecule has 3 heteroatoms. The first-order valence-corrected chi connectivity index (χ1v) is 8.38. The van der Waals surface area contributed by atoms with Crippen LogP contribution in [-0.4, -0.2) is 18.5 Å². The predicted octanol–water partition coefficient (Wildman–Crippen LogP) is 3.23. The highest BCUT2D eigenvalue weighted by atomic mass is 16.2. The van der Waals surface area contributed by atoms with E-state index in [9.17, 15) is 4.79 Å². The molecule has 0 aromatic heterocycles. The summed E-state index contributed by atoms with van der Waals surface area (Å²) in [5.74, 6) is 0.977. The molecule has 20 heavy (non-hydrogen) atoms. The number of hydrogen-bond acceptors (Lipinski definition) is 2. The van der Waals surface area contributed by atoms with Crippen molar-refractivity contribution in [2.75, 3.05) is 6.54 Å². The SMILES string of the molecule is CC1CCC(CN)(C(=O)NC2CCCC(C)(C)C2)CC1. The van der Waals surface area contributed by atoms with Crippen LogP contribution in [0, 0.1) is 16.7 Å². The van der Waals surface area contributed by atoms with E-state index in [-0.39, 0.29) is 11.3 Å². The van der Waals surface area contributed by atoms with Crippen LogP contribution in [0.3, 0.4) is 0 Å². The van der Waals surface area contributed by atoms with Crippen molar-refractivity contribution in [1.82, 2.24) is 5.32 Å². The lowest BCUT2D eigenvalue weighted by Crippen LogP contribution is -2.52. The van der Waals surface area contributed by atoms with Crippen LogP contribution in [0.2, 0.25) is 0 Å². The van der Waals surface area contributed by atoms with Crippen molar-refractivity contribution in [2.24, 2.45) is 22.5 Å². The van der Waals surface area contributed by atoms with Gasteiger partial charge < -0.3 is 11.1 Å². The fourth-order valence-corrected chi connectivity index (χ4v) is 4.00. The fourth-order valence-electron chi connectivity index (χ4n) is 4.00. The van der Waals surface area contributed by atoms with Gasteiger partial charge in [-0.1, -0.05) is 27.2 Å². The van der Waals surface area contributed by atoms with Gasteiger partial charge in [0.1, 0.15) is 0 Å². The van der Waals surface area contributed by atoms with E-state index < -0.39 is 0 Å². The Labute approximate surface area is 124 Å². The van der Waals surface area contributed by atoms with Crippen LogP contribution in [0.1, 0.15) is 72.1 Å². The summed E-state index contributed by atoms with van der Waals surface area (Å²) in [6, 6.07) is 0.356. The average molecular weight is 280 g/mol. The second kappa shape index (κ2) is 6.05. The van der Waals surface area contributed by atoms with Crippen molar-refractivity contribution in [2.45, 2.75) is 78.2 Å². The maximum absolute atomic E-state index is 12.7. The highest BCUT2D eigenvalue weighted by Gasteiger charge is 2.41. The van der Waals surface area contributed by atoms with Crippen LogP contribution in [0.5, 0.6) is 0 Å². The summed E-state index contributed by atoms with van der Waals surface area (Å²) in [6.45, 7) is 7.41. The lowest BCUT2D eigenvalue weighted by molar-refractivity contribution is -0.134. The van der Waals surface area contributed by atoms with Crippen molar-refractivity contribution in [3.8, 4) is 0 Å². The molecule has 0 spiro atoms. The molecular weight excluding hydrogens is 248 g/mol. The van der Waals surface area contributed by atoms with Crippen LogP contribution in [0.4, 0.5) is 0 Å². The molecule has 1 unspecified atom stereocenters. The van der Waals surface area contributed by atoms with Crippen LogP contribution in [-0.2, 0) is 4.79 Å². The Bertz CT molecular complexity index is 343. The molecule has 2 fully saturated rings.